The van der Waals surface area contributed by atoms with Crippen molar-refractivity contribution in [2.75, 3.05) is 20.7 Å². The Balaban J connectivity index is 2.45. The second-order valence-corrected chi connectivity index (χ2v) is 5.54. The molecule has 0 spiro atoms. The van der Waals surface area contributed by atoms with Crippen LogP contribution in [0.5, 0.6) is 0 Å². The van der Waals surface area contributed by atoms with Gasteiger partial charge in [0.2, 0.25) is 0 Å². The van der Waals surface area contributed by atoms with Crippen LogP contribution in [-0.2, 0) is 16.1 Å². The van der Waals surface area contributed by atoms with Crippen LogP contribution >= 0.6 is 15.9 Å². The monoisotopic (exact) mass is 358 g/mol. The second-order valence-electron chi connectivity index (χ2n) is 4.63. The average Bonchev–Trinajstić information content (AvgIpc) is 2.42. The molecule has 0 aliphatic heterocycles. The molecule has 6 nitrogen and oxygen atoms in total. The highest BCUT2D eigenvalue weighted by Crippen LogP contribution is 2.12. The molecule has 7 heteroatoms. The lowest BCUT2D eigenvalue weighted by molar-refractivity contribution is -0.139. The number of amides is 2. The van der Waals surface area contributed by atoms with E-state index >= 15 is 0 Å². The molecule has 2 amide bonds. The number of benzene rings is 1. The first-order valence-corrected chi connectivity index (χ1v) is 7.19. The van der Waals surface area contributed by atoms with Gasteiger partial charge in [0, 0.05) is 31.7 Å². The minimum absolute atomic E-state index is 0.147. The van der Waals surface area contributed by atoms with E-state index < -0.39 is 12.1 Å². The number of urea groups is 1. The third kappa shape index (κ3) is 6.59. The zero-order chi connectivity index (χ0) is 15.8. The van der Waals surface area contributed by atoms with Crippen LogP contribution in [-0.4, -0.2) is 48.8 Å². The standard InChI is InChI=1S/C14H19BrN2O4/c1-17(9-10-4-3-5-11(15)6-10)14(20)16-8-12(21-2)7-13(18)19/h3-6,12H,7-9H2,1-2H3,(H,16,20)(H,18,19). The van der Waals surface area contributed by atoms with Crippen LogP contribution in [0.4, 0.5) is 4.79 Å². The minimum Gasteiger partial charge on any atom is -0.481 e. The van der Waals surface area contributed by atoms with Crippen molar-refractivity contribution in [1.82, 2.24) is 10.2 Å². The van der Waals surface area contributed by atoms with Gasteiger partial charge in [-0.25, -0.2) is 4.79 Å². The van der Waals surface area contributed by atoms with Crippen LogP contribution < -0.4 is 5.32 Å². The smallest absolute Gasteiger partial charge is 0.317 e. The SMILES string of the molecule is COC(CNC(=O)N(C)Cc1cccc(Br)c1)CC(=O)O. The van der Waals surface area contributed by atoms with Crippen molar-refractivity contribution < 1.29 is 19.4 Å². The van der Waals surface area contributed by atoms with Gasteiger partial charge in [0.25, 0.3) is 0 Å². The Morgan fingerprint density at radius 2 is 2.19 bits per heavy atom. The number of hydrogen-bond donors (Lipinski definition) is 2. The van der Waals surface area contributed by atoms with E-state index in [1.165, 1.54) is 12.0 Å². The second kappa shape index (κ2) is 8.63. The molecule has 1 aromatic carbocycles. The summed E-state index contributed by atoms with van der Waals surface area (Å²) in [5.74, 6) is -0.960. The molecule has 1 rings (SSSR count). The fourth-order valence-electron chi connectivity index (χ4n) is 1.75. The van der Waals surface area contributed by atoms with E-state index in [4.69, 9.17) is 9.84 Å². The maximum Gasteiger partial charge on any atom is 0.317 e. The average molecular weight is 359 g/mol. The molecule has 0 radical (unpaired) electrons. The molecule has 1 atom stereocenters. The number of carbonyl (C=O) groups is 2. The van der Waals surface area contributed by atoms with E-state index in [-0.39, 0.29) is 19.0 Å². The van der Waals surface area contributed by atoms with Gasteiger partial charge in [-0.2, -0.15) is 0 Å². The highest BCUT2D eigenvalue weighted by Gasteiger charge is 2.15. The number of halogens is 1. The van der Waals surface area contributed by atoms with E-state index in [2.05, 4.69) is 21.2 Å². The number of methoxy groups -OCH3 is 1. The molecule has 0 aliphatic carbocycles. The molecule has 0 aliphatic rings. The highest BCUT2D eigenvalue weighted by molar-refractivity contribution is 9.10. The number of carbonyl (C=O) groups excluding carboxylic acids is 1. The number of carboxylic acids is 1. The predicted octanol–water partition coefficient (Wildman–Crippen LogP) is 2.08. The third-order valence-electron chi connectivity index (χ3n) is 2.87. The third-order valence-corrected chi connectivity index (χ3v) is 3.37. The summed E-state index contributed by atoms with van der Waals surface area (Å²) in [5, 5.41) is 11.4. The van der Waals surface area contributed by atoms with E-state index in [0.717, 1.165) is 10.0 Å². The molecule has 0 saturated heterocycles. The highest BCUT2D eigenvalue weighted by atomic mass is 79.9. The van der Waals surface area contributed by atoms with Gasteiger partial charge < -0.3 is 20.1 Å². The van der Waals surface area contributed by atoms with Crippen molar-refractivity contribution in [3.05, 3.63) is 34.3 Å². The molecule has 0 saturated carbocycles. The van der Waals surface area contributed by atoms with Crippen molar-refractivity contribution in [2.45, 2.75) is 19.1 Å². The lowest BCUT2D eigenvalue weighted by Crippen LogP contribution is -2.41. The molecule has 1 aromatic rings. The lowest BCUT2D eigenvalue weighted by Gasteiger charge is -2.20. The molecule has 0 fully saturated rings. The summed E-state index contributed by atoms with van der Waals surface area (Å²) in [6.07, 6.45) is -0.683. The van der Waals surface area contributed by atoms with Crippen LogP contribution in [0.25, 0.3) is 0 Å². The van der Waals surface area contributed by atoms with Gasteiger partial charge in [0.05, 0.1) is 12.5 Å². The fourth-order valence-corrected chi connectivity index (χ4v) is 2.20. The topological polar surface area (TPSA) is 78.9 Å². The van der Waals surface area contributed by atoms with Crippen molar-refractivity contribution in [1.29, 1.82) is 0 Å². The van der Waals surface area contributed by atoms with E-state index in [1.54, 1.807) is 7.05 Å². The lowest BCUT2D eigenvalue weighted by atomic mass is 10.2. The molecule has 1 unspecified atom stereocenters. The summed E-state index contributed by atoms with van der Waals surface area (Å²) in [6, 6.07) is 7.41. The van der Waals surface area contributed by atoms with Gasteiger partial charge in [-0.1, -0.05) is 28.1 Å². The van der Waals surface area contributed by atoms with Crippen molar-refractivity contribution in [2.24, 2.45) is 0 Å². The first-order chi connectivity index (χ1) is 9.92. The molecular weight excluding hydrogens is 340 g/mol. The molecule has 0 heterocycles. The number of rotatable bonds is 7. The Morgan fingerprint density at radius 3 is 2.76 bits per heavy atom. The van der Waals surface area contributed by atoms with Gasteiger partial charge in [-0.05, 0) is 17.7 Å². The van der Waals surface area contributed by atoms with Crippen molar-refractivity contribution in [3.8, 4) is 0 Å². The predicted molar refractivity (Wildman–Crippen MR) is 82.1 cm³/mol. The fraction of sp³-hybridized carbons (Fsp3) is 0.429. The normalized spacial score (nSPS) is 11.8. The van der Waals surface area contributed by atoms with Gasteiger partial charge in [-0.3, -0.25) is 4.79 Å². The Hall–Kier alpha value is -1.60. The molecule has 116 valence electrons. The number of hydrogen-bond acceptors (Lipinski definition) is 3. The first-order valence-electron chi connectivity index (χ1n) is 6.40. The molecular formula is C14H19BrN2O4. The summed E-state index contributed by atoms with van der Waals surface area (Å²) >= 11 is 3.38. The van der Waals surface area contributed by atoms with Crippen LogP contribution in [0.2, 0.25) is 0 Å². The van der Waals surface area contributed by atoms with Crippen LogP contribution in [0.1, 0.15) is 12.0 Å². The van der Waals surface area contributed by atoms with Crippen molar-refractivity contribution in [3.63, 3.8) is 0 Å². The quantitative estimate of drug-likeness (QED) is 0.781. The van der Waals surface area contributed by atoms with Crippen LogP contribution in [0, 0.1) is 0 Å². The zero-order valence-electron chi connectivity index (χ0n) is 12.0. The number of carboxylic acid groups (broad SMARTS) is 1. The number of nitrogens with zero attached hydrogens (tertiary/aromatic N) is 1. The maximum atomic E-state index is 11.9. The minimum atomic E-state index is -0.960. The summed E-state index contributed by atoms with van der Waals surface area (Å²) in [5.41, 5.74) is 0.996. The van der Waals surface area contributed by atoms with Gasteiger partial charge in [0.15, 0.2) is 0 Å². The summed E-state index contributed by atoms with van der Waals surface area (Å²) in [6.45, 7) is 0.617. The van der Waals surface area contributed by atoms with Gasteiger partial charge >= 0.3 is 12.0 Å². The Labute approximate surface area is 132 Å². The summed E-state index contributed by atoms with van der Waals surface area (Å²) in [4.78, 5) is 24.1. The van der Waals surface area contributed by atoms with E-state index in [9.17, 15) is 9.59 Å². The van der Waals surface area contributed by atoms with Gasteiger partial charge in [0.1, 0.15) is 0 Å². The van der Waals surface area contributed by atoms with Crippen LogP contribution in [0.15, 0.2) is 28.7 Å². The molecule has 2 N–H and O–H groups in total. The number of nitrogens with one attached hydrogen (secondary N) is 1. The number of ether oxygens (including phenoxy) is 1. The molecule has 0 aromatic heterocycles. The first kappa shape index (κ1) is 17.5. The number of aliphatic carboxylic acids is 1. The summed E-state index contributed by atoms with van der Waals surface area (Å²) < 4.78 is 5.96. The molecule has 0 bridgehead atoms. The van der Waals surface area contributed by atoms with Crippen molar-refractivity contribution >= 4 is 27.9 Å². The Kier molecular flexibility index (Phi) is 7.18. The maximum absolute atomic E-state index is 11.9. The van der Waals surface area contributed by atoms with Gasteiger partial charge in [-0.15, -0.1) is 0 Å². The largest absolute Gasteiger partial charge is 0.481 e. The van der Waals surface area contributed by atoms with E-state index in [0.29, 0.717) is 6.54 Å². The Bertz CT molecular complexity index is 496. The van der Waals surface area contributed by atoms with E-state index in [1.807, 2.05) is 24.3 Å². The molecule has 21 heavy (non-hydrogen) atoms. The van der Waals surface area contributed by atoms with Crippen LogP contribution in [0.3, 0.4) is 0 Å². The zero-order valence-corrected chi connectivity index (χ0v) is 13.6. The summed E-state index contributed by atoms with van der Waals surface area (Å²) in [7, 11) is 3.10. The Morgan fingerprint density at radius 1 is 1.48 bits per heavy atom.